The van der Waals surface area contributed by atoms with Crippen LogP contribution in [0.1, 0.15) is 50.5 Å². The lowest BCUT2D eigenvalue weighted by molar-refractivity contribution is 0.145. The number of aliphatic hydroxyl groups excluding tert-OH is 1. The highest BCUT2D eigenvalue weighted by Crippen LogP contribution is 2.29. The summed E-state index contributed by atoms with van der Waals surface area (Å²) in [5.74, 6) is 0.904. The van der Waals surface area contributed by atoms with Gasteiger partial charge in [0.05, 0.1) is 6.10 Å². The van der Waals surface area contributed by atoms with Crippen molar-refractivity contribution < 1.29 is 5.11 Å². The number of aliphatic hydroxyl groups is 1. The third kappa shape index (κ3) is 4.51. The number of rotatable bonds is 6. The Kier molecular flexibility index (Phi) is 5.06. The molecule has 1 fully saturated rings. The fraction of sp³-hybridized carbons (Fsp3) is 0.625. The Morgan fingerprint density at radius 2 is 1.76 bits per heavy atom. The van der Waals surface area contributed by atoms with E-state index in [-0.39, 0.29) is 6.10 Å². The zero-order valence-electron chi connectivity index (χ0n) is 10.6. The molecule has 0 aromatic heterocycles. The Hall–Kier alpha value is -0.820. The maximum absolute atomic E-state index is 9.97. The van der Waals surface area contributed by atoms with Crippen molar-refractivity contribution in [2.75, 3.05) is 0 Å². The summed E-state index contributed by atoms with van der Waals surface area (Å²) in [6, 6.07) is 10.5. The van der Waals surface area contributed by atoms with Crippen molar-refractivity contribution in [2.24, 2.45) is 5.92 Å². The van der Waals surface area contributed by atoms with Crippen LogP contribution in [0.15, 0.2) is 30.3 Å². The van der Waals surface area contributed by atoms with E-state index in [2.05, 4.69) is 24.3 Å². The van der Waals surface area contributed by atoms with Crippen LogP contribution in [0.3, 0.4) is 0 Å². The van der Waals surface area contributed by atoms with E-state index in [9.17, 15) is 5.11 Å². The van der Waals surface area contributed by atoms with E-state index in [1.807, 2.05) is 6.07 Å². The molecule has 0 aliphatic heterocycles. The predicted octanol–water partition coefficient (Wildman–Crippen LogP) is 3.95. The molecule has 1 N–H and O–H groups in total. The summed E-state index contributed by atoms with van der Waals surface area (Å²) in [6.45, 7) is 0. The highest BCUT2D eigenvalue weighted by Gasteiger charge is 2.16. The molecular weight excluding hydrogens is 208 g/mol. The van der Waals surface area contributed by atoms with Crippen molar-refractivity contribution in [3.05, 3.63) is 35.9 Å². The molecule has 0 spiro atoms. The molecule has 17 heavy (non-hydrogen) atoms. The molecule has 1 saturated carbocycles. The lowest BCUT2D eigenvalue weighted by Gasteiger charge is -2.13. The van der Waals surface area contributed by atoms with Crippen molar-refractivity contribution >= 4 is 0 Å². The first-order valence-electron chi connectivity index (χ1n) is 7.06. The Labute approximate surface area is 105 Å². The first kappa shape index (κ1) is 12.6. The summed E-state index contributed by atoms with van der Waals surface area (Å²) in [5, 5.41) is 9.97. The van der Waals surface area contributed by atoms with Crippen molar-refractivity contribution in [2.45, 2.75) is 57.5 Å². The fourth-order valence-corrected chi connectivity index (χ4v) is 2.85. The SMILES string of the molecule is O[C@@H](CCc1ccccc1)CCC1CCCC1. The fourth-order valence-electron chi connectivity index (χ4n) is 2.85. The Balaban J connectivity index is 1.62. The Morgan fingerprint density at radius 3 is 2.47 bits per heavy atom. The van der Waals surface area contributed by atoms with Gasteiger partial charge in [-0.05, 0) is 37.2 Å². The van der Waals surface area contributed by atoms with Gasteiger partial charge >= 0.3 is 0 Å². The van der Waals surface area contributed by atoms with E-state index in [1.165, 1.54) is 37.7 Å². The number of aryl methyl sites for hydroxylation is 1. The van der Waals surface area contributed by atoms with Crippen molar-refractivity contribution in [3.63, 3.8) is 0 Å². The van der Waals surface area contributed by atoms with Crippen LogP contribution >= 0.6 is 0 Å². The number of hydrogen-bond acceptors (Lipinski definition) is 1. The summed E-state index contributed by atoms with van der Waals surface area (Å²) in [7, 11) is 0. The van der Waals surface area contributed by atoms with Gasteiger partial charge < -0.3 is 5.11 Å². The lowest BCUT2D eigenvalue weighted by Crippen LogP contribution is -2.10. The molecule has 1 nitrogen and oxygen atoms in total. The molecule has 1 aromatic carbocycles. The van der Waals surface area contributed by atoms with Crippen LogP contribution in [0.5, 0.6) is 0 Å². The molecule has 1 atom stereocenters. The van der Waals surface area contributed by atoms with Gasteiger partial charge in [-0.3, -0.25) is 0 Å². The second kappa shape index (κ2) is 6.80. The second-order valence-corrected chi connectivity index (χ2v) is 5.41. The molecule has 2 rings (SSSR count). The van der Waals surface area contributed by atoms with Crippen LogP contribution in [0, 0.1) is 5.92 Å². The van der Waals surface area contributed by atoms with Gasteiger partial charge in [0.1, 0.15) is 0 Å². The first-order chi connectivity index (χ1) is 8.34. The van der Waals surface area contributed by atoms with Crippen LogP contribution in [-0.2, 0) is 6.42 Å². The van der Waals surface area contributed by atoms with E-state index < -0.39 is 0 Å². The standard InChI is InChI=1S/C16H24O/c17-16(13-11-15-8-4-5-9-15)12-10-14-6-2-1-3-7-14/h1-3,6-7,15-17H,4-5,8-13H2/t16-/m0/s1. The molecule has 0 heterocycles. The van der Waals surface area contributed by atoms with E-state index in [4.69, 9.17) is 0 Å². The van der Waals surface area contributed by atoms with Gasteiger partial charge in [-0.15, -0.1) is 0 Å². The minimum absolute atomic E-state index is 0.101. The third-order valence-corrected chi connectivity index (χ3v) is 3.99. The van der Waals surface area contributed by atoms with Crippen LogP contribution in [0.2, 0.25) is 0 Å². The van der Waals surface area contributed by atoms with Crippen LogP contribution in [0.25, 0.3) is 0 Å². The van der Waals surface area contributed by atoms with Gasteiger partial charge in [-0.1, -0.05) is 56.0 Å². The van der Waals surface area contributed by atoms with Gasteiger partial charge in [0.25, 0.3) is 0 Å². The number of hydrogen-bond donors (Lipinski definition) is 1. The monoisotopic (exact) mass is 232 g/mol. The highest BCUT2D eigenvalue weighted by molar-refractivity contribution is 5.14. The van der Waals surface area contributed by atoms with Crippen molar-refractivity contribution in [3.8, 4) is 0 Å². The van der Waals surface area contributed by atoms with Gasteiger partial charge in [0.2, 0.25) is 0 Å². The Bertz CT molecular complexity index is 301. The molecule has 0 amide bonds. The largest absolute Gasteiger partial charge is 0.393 e. The van der Waals surface area contributed by atoms with Gasteiger partial charge in [-0.25, -0.2) is 0 Å². The quantitative estimate of drug-likeness (QED) is 0.787. The maximum atomic E-state index is 9.97. The average Bonchev–Trinajstić information content (AvgIpc) is 2.88. The third-order valence-electron chi connectivity index (χ3n) is 3.99. The predicted molar refractivity (Wildman–Crippen MR) is 72.0 cm³/mol. The minimum atomic E-state index is -0.101. The van der Waals surface area contributed by atoms with Crippen LogP contribution in [0.4, 0.5) is 0 Å². The lowest BCUT2D eigenvalue weighted by atomic mass is 9.97. The Morgan fingerprint density at radius 1 is 1.06 bits per heavy atom. The van der Waals surface area contributed by atoms with Crippen LogP contribution < -0.4 is 0 Å². The molecule has 94 valence electrons. The summed E-state index contributed by atoms with van der Waals surface area (Å²) in [6.07, 6.45) is 9.65. The maximum Gasteiger partial charge on any atom is 0.0543 e. The molecule has 0 unspecified atom stereocenters. The normalized spacial score (nSPS) is 18.4. The van der Waals surface area contributed by atoms with E-state index >= 15 is 0 Å². The highest BCUT2D eigenvalue weighted by atomic mass is 16.3. The molecule has 0 saturated heterocycles. The summed E-state index contributed by atoms with van der Waals surface area (Å²) in [5.41, 5.74) is 1.34. The van der Waals surface area contributed by atoms with Gasteiger partial charge in [-0.2, -0.15) is 0 Å². The van der Waals surface area contributed by atoms with E-state index in [0.717, 1.165) is 25.2 Å². The summed E-state index contributed by atoms with van der Waals surface area (Å²) in [4.78, 5) is 0. The molecule has 0 radical (unpaired) electrons. The minimum Gasteiger partial charge on any atom is -0.393 e. The zero-order chi connectivity index (χ0) is 11.9. The number of benzene rings is 1. The molecule has 1 aromatic rings. The van der Waals surface area contributed by atoms with Crippen LogP contribution in [-0.4, -0.2) is 11.2 Å². The summed E-state index contributed by atoms with van der Waals surface area (Å²) < 4.78 is 0. The summed E-state index contributed by atoms with van der Waals surface area (Å²) >= 11 is 0. The van der Waals surface area contributed by atoms with E-state index in [0.29, 0.717) is 0 Å². The van der Waals surface area contributed by atoms with Gasteiger partial charge in [0.15, 0.2) is 0 Å². The first-order valence-corrected chi connectivity index (χ1v) is 7.06. The van der Waals surface area contributed by atoms with Crippen molar-refractivity contribution in [1.82, 2.24) is 0 Å². The molecule has 0 bridgehead atoms. The molecule has 1 aliphatic rings. The van der Waals surface area contributed by atoms with Gasteiger partial charge in [0, 0.05) is 0 Å². The zero-order valence-corrected chi connectivity index (χ0v) is 10.6. The molecule has 1 heteroatoms. The second-order valence-electron chi connectivity index (χ2n) is 5.41. The van der Waals surface area contributed by atoms with E-state index in [1.54, 1.807) is 0 Å². The molecular formula is C16H24O. The molecule has 1 aliphatic carbocycles. The van der Waals surface area contributed by atoms with Crippen molar-refractivity contribution in [1.29, 1.82) is 0 Å². The topological polar surface area (TPSA) is 20.2 Å². The smallest absolute Gasteiger partial charge is 0.0543 e. The average molecular weight is 232 g/mol.